The van der Waals surface area contributed by atoms with Crippen molar-refractivity contribution in [3.05, 3.63) is 70.3 Å². The van der Waals surface area contributed by atoms with E-state index in [0.717, 1.165) is 6.42 Å². The van der Waals surface area contributed by atoms with Crippen molar-refractivity contribution < 1.29 is 0 Å². The standard InChI is InChI=1S/C17H21N/c1-4-14-6-9-15(10-7-14)17(18)16-8-5-12(2)13(3)11-16/h5-11,17H,4,18H2,1-3H3. The van der Waals surface area contributed by atoms with E-state index in [4.69, 9.17) is 5.73 Å². The summed E-state index contributed by atoms with van der Waals surface area (Å²) in [6, 6.07) is 15.0. The first-order valence-electron chi connectivity index (χ1n) is 6.53. The third-order valence-electron chi connectivity index (χ3n) is 3.64. The molecule has 1 heteroatoms. The lowest BCUT2D eigenvalue weighted by Gasteiger charge is -2.14. The van der Waals surface area contributed by atoms with E-state index in [0.29, 0.717) is 0 Å². The predicted molar refractivity (Wildman–Crippen MR) is 77.8 cm³/mol. The molecule has 0 aliphatic carbocycles. The second kappa shape index (κ2) is 5.36. The first kappa shape index (κ1) is 12.8. The Labute approximate surface area is 110 Å². The van der Waals surface area contributed by atoms with Crippen molar-refractivity contribution >= 4 is 0 Å². The average Bonchev–Trinajstić information content (AvgIpc) is 2.41. The molecule has 1 unspecified atom stereocenters. The lowest BCUT2D eigenvalue weighted by molar-refractivity contribution is 0.867. The molecule has 0 aliphatic rings. The van der Waals surface area contributed by atoms with Crippen molar-refractivity contribution in [2.24, 2.45) is 5.73 Å². The van der Waals surface area contributed by atoms with E-state index in [-0.39, 0.29) is 6.04 Å². The maximum atomic E-state index is 6.33. The zero-order valence-corrected chi connectivity index (χ0v) is 11.4. The van der Waals surface area contributed by atoms with Gasteiger partial charge in [0.25, 0.3) is 0 Å². The molecule has 0 amide bonds. The Morgan fingerprint density at radius 2 is 1.50 bits per heavy atom. The summed E-state index contributed by atoms with van der Waals surface area (Å²) in [6.45, 7) is 6.42. The van der Waals surface area contributed by atoms with Crippen molar-refractivity contribution in [3.8, 4) is 0 Å². The molecule has 2 rings (SSSR count). The molecule has 0 radical (unpaired) electrons. The van der Waals surface area contributed by atoms with Crippen LogP contribution in [0.2, 0.25) is 0 Å². The van der Waals surface area contributed by atoms with Gasteiger partial charge in [-0.25, -0.2) is 0 Å². The summed E-state index contributed by atoms with van der Waals surface area (Å²) < 4.78 is 0. The van der Waals surface area contributed by atoms with Crippen LogP contribution in [0.1, 0.15) is 40.8 Å². The number of hydrogen-bond acceptors (Lipinski definition) is 1. The maximum Gasteiger partial charge on any atom is 0.0551 e. The van der Waals surface area contributed by atoms with Gasteiger partial charge in [-0.2, -0.15) is 0 Å². The fraction of sp³-hybridized carbons (Fsp3) is 0.294. The van der Waals surface area contributed by atoms with Crippen molar-refractivity contribution in [2.45, 2.75) is 33.2 Å². The monoisotopic (exact) mass is 239 g/mol. The molecule has 1 nitrogen and oxygen atoms in total. The Bertz CT molecular complexity index is 526. The highest BCUT2D eigenvalue weighted by molar-refractivity contribution is 5.37. The van der Waals surface area contributed by atoms with E-state index in [1.807, 2.05) is 0 Å². The van der Waals surface area contributed by atoms with Crippen LogP contribution in [0.4, 0.5) is 0 Å². The van der Waals surface area contributed by atoms with Gasteiger partial charge in [-0.1, -0.05) is 49.4 Å². The molecule has 0 aromatic heterocycles. The Balaban J connectivity index is 2.28. The zero-order chi connectivity index (χ0) is 13.1. The molecule has 2 N–H and O–H groups in total. The second-order valence-electron chi connectivity index (χ2n) is 4.92. The molecule has 2 aromatic rings. The van der Waals surface area contributed by atoms with Crippen LogP contribution in [0.25, 0.3) is 0 Å². The van der Waals surface area contributed by atoms with E-state index < -0.39 is 0 Å². The van der Waals surface area contributed by atoms with Gasteiger partial charge < -0.3 is 5.73 Å². The van der Waals surface area contributed by atoms with Gasteiger partial charge in [0, 0.05) is 0 Å². The molecule has 0 spiro atoms. The van der Waals surface area contributed by atoms with Crippen LogP contribution in [0, 0.1) is 13.8 Å². The third kappa shape index (κ3) is 2.62. The summed E-state index contributed by atoms with van der Waals surface area (Å²) in [6.07, 6.45) is 1.07. The number of rotatable bonds is 3. The highest BCUT2D eigenvalue weighted by Gasteiger charge is 2.09. The van der Waals surface area contributed by atoms with Crippen LogP contribution in [-0.4, -0.2) is 0 Å². The largest absolute Gasteiger partial charge is 0.320 e. The SMILES string of the molecule is CCc1ccc(C(N)c2ccc(C)c(C)c2)cc1. The van der Waals surface area contributed by atoms with Crippen LogP contribution >= 0.6 is 0 Å². The third-order valence-corrected chi connectivity index (χ3v) is 3.64. The average molecular weight is 239 g/mol. The normalized spacial score (nSPS) is 12.4. The summed E-state index contributed by atoms with van der Waals surface area (Å²) in [5, 5.41) is 0. The van der Waals surface area contributed by atoms with Gasteiger partial charge in [-0.3, -0.25) is 0 Å². The number of nitrogens with two attached hydrogens (primary N) is 1. The summed E-state index contributed by atoms with van der Waals surface area (Å²) >= 11 is 0. The van der Waals surface area contributed by atoms with Crippen LogP contribution in [0.3, 0.4) is 0 Å². The van der Waals surface area contributed by atoms with Gasteiger partial charge in [-0.05, 0) is 48.1 Å². The molecule has 2 aromatic carbocycles. The van der Waals surface area contributed by atoms with Gasteiger partial charge in [0.1, 0.15) is 0 Å². The quantitative estimate of drug-likeness (QED) is 0.863. The summed E-state index contributed by atoms with van der Waals surface area (Å²) in [5.74, 6) is 0. The molecule has 0 aliphatic heterocycles. The minimum absolute atomic E-state index is 0.0322. The Morgan fingerprint density at radius 3 is 2.06 bits per heavy atom. The van der Waals surface area contributed by atoms with Crippen LogP contribution < -0.4 is 5.73 Å². The summed E-state index contributed by atoms with van der Waals surface area (Å²) in [5.41, 5.74) is 12.7. The van der Waals surface area contributed by atoms with E-state index in [2.05, 4.69) is 63.2 Å². The number of benzene rings is 2. The highest BCUT2D eigenvalue weighted by Crippen LogP contribution is 2.22. The summed E-state index contributed by atoms with van der Waals surface area (Å²) in [7, 11) is 0. The molecule has 0 fully saturated rings. The van der Waals surface area contributed by atoms with E-state index in [1.165, 1.54) is 27.8 Å². The lowest BCUT2D eigenvalue weighted by Crippen LogP contribution is -2.12. The molecule has 0 saturated carbocycles. The minimum atomic E-state index is -0.0322. The zero-order valence-electron chi connectivity index (χ0n) is 11.4. The minimum Gasteiger partial charge on any atom is -0.320 e. The molecular formula is C17H21N. The van der Waals surface area contributed by atoms with Crippen molar-refractivity contribution in [1.29, 1.82) is 0 Å². The van der Waals surface area contributed by atoms with Crippen molar-refractivity contribution in [2.75, 3.05) is 0 Å². The number of hydrogen-bond donors (Lipinski definition) is 1. The van der Waals surface area contributed by atoms with Gasteiger partial charge in [0.15, 0.2) is 0 Å². The molecular weight excluding hydrogens is 218 g/mol. The Hall–Kier alpha value is -1.60. The van der Waals surface area contributed by atoms with Crippen LogP contribution in [0.5, 0.6) is 0 Å². The molecule has 94 valence electrons. The number of aryl methyl sites for hydroxylation is 3. The van der Waals surface area contributed by atoms with Crippen LogP contribution in [-0.2, 0) is 6.42 Å². The van der Waals surface area contributed by atoms with E-state index in [1.54, 1.807) is 0 Å². The van der Waals surface area contributed by atoms with Gasteiger partial charge >= 0.3 is 0 Å². The molecule has 18 heavy (non-hydrogen) atoms. The first-order chi connectivity index (χ1) is 8.61. The van der Waals surface area contributed by atoms with Crippen molar-refractivity contribution in [3.63, 3.8) is 0 Å². The Kier molecular flexibility index (Phi) is 3.83. The second-order valence-corrected chi connectivity index (χ2v) is 4.92. The van der Waals surface area contributed by atoms with E-state index in [9.17, 15) is 0 Å². The molecule has 1 atom stereocenters. The smallest absolute Gasteiger partial charge is 0.0551 e. The maximum absolute atomic E-state index is 6.33. The topological polar surface area (TPSA) is 26.0 Å². The molecule has 0 heterocycles. The molecule has 0 saturated heterocycles. The van der Waals surface area contributed by atoms with Gasteiger partial charge in [0.05, 0.1) is 6.04 Å². The molecule has 0 bridgehead atoms. The Morgan fingerprint density at radius 1 is 0.889 bits per heavy atom. The lowest BCUT2D eigenvalue weighted by atomic mass is 9.95. The van der Waals surface area contributed by atoms with E-state index >= 15 is 0 Å². The van der Waals surface area contributed by atoms with Gasteiger partial charge in [0.2, 0.25) is 0 Å². The van der Waals surface area contributed by atoms with Crippen LogP contribution in [0.15, 0.2) is 42.5 Å². The van der Waals surface area contributed by atoms with Gasteiger partial charge in [-0.15, -0.1) is 0 Å². The first-order valence-corrected chi connectivity index (χ1v) is 6.53. The van der Waals surface area contributed by atoms with Crippen molar-refractivity contribution in [1.82, 2.24) is 0 Å². The fourth-order valence-electron chi connectivity index (χ4n) is 2.11. The summed E-state index contributed by atoms with van der Waals surface area (Å²) in [4.78, 5) is 0. The predicted octanol–water partition coefficient (Wildman–Crippen LogP) is 3.91. The fourth-order valence-corrected chi connectivity index (χ4v) is 2.11. The highest BCUT2D eigenvalue weighted by atomic mass is 14.6.